The van der Waals surface area contributed by atoms with Gasteiger partial charge in [-0.15, -0.1) is 23.6 Å². The van der Waals surface area contributed by atoms with Crippen LogP contribution in [0.1, 0.15) is 12.8 Å². The monoisotopic (exact) mass is 211 g/mol. The lowest BCUT2D eigenvalue weighted by Crippen LogP contribution is -2.18. The van der Waals surface area contributed by atoms with Crippen molar-refractivity contribution in [2.45, 2.75) is 25.2 Å². The van der Waals surface area contributed by atoms with Crippen molar-refractivity contribution in [1.29, 1.82) is 0 Å². The van der Waals surface area contributed by atoms with Gasteiger partial charge in [0, 0.05) is 6.04 Å². The summed E-state index contributed by atoms with van der Waals surface area (Å²) < 4.78 is 0. The number of hydrogen-bond acceptors (Lipinski definition) is 3. The molecule has 0 rings (SSSR count). The number of aliphatic hydroxyl groups excluding tert-OH is 1. The van der Waals surface area contributed by atoms with Gasteiger partial charge in [-0.2, -0.15) is 0 Å². The highest BCUT2D eigenvalue weighted by molar-refractivity contribution is 8.93. The second-order valence-electron chi connectivity index (χ2n) is 1.96. The number of halogens is 1. The summed E-state index contributed by atoms with van der Waals surface area (Å²) in [5.41, 5.74) is 5.38. The predicted octanol–water partition coefficient (Wildman–Crippen LogP) is 0.168. The van der Waals surface area contributed by atoms with Crippen molar-refractivity contribution in [3.05, 3.63) is 12.7 Å². The van der Waals surface area contributed by atoms with E-state index in [0.29, 0.717) is 12.8 Å². The van der Waals surface area contributed by atoms with Crippen LogP contribution < -0.4 is 5.73 Å². The Morgan fingerprint density at radius 3 is 2.20 bits per heavy atom. The Bertz CT molecular complexity index is 87.8. The molecule has 1 atom stereocenters. The second-order valence-corrected chi connectivity index (χ2v) is 1.96. The first-order valence-electron chi connectivity index (χ1n) is 2.91. The number of rotatable bonds is 4. The molecule has 0 bridgehead atoms. The molecule has 0 aliphatic heterocycles. The van der Waals surface area contributed by atoms with E-state index in [9.17, 15) is 0 Å². The van der Waals surface area contributed by atoms with Crippen molar-refractivity contribution in [3.63, 3.8) is 0 Å². The number of aliphatic hydroxyl groups is 2. The van der Waals surface area contributed by atoms with Crippen LogP contribution in [0, 0.1) is 0 Å². The van der Waals surface area contributed by atoms with Crippen molar-refractivity contribution in [3.8, 4) is 0 Å². The van der Waals surface area contributed by atoms with Crippen molar-refractivity contribution in [1.82, 2.24) is 0 Å². The fraction of sp³-hybridized carbons (Fsp3) is 0.667. The molecule has 0 amide bonds. The summed E-state index contributed by atoms with van der Waals surface area (Å²) in [6.07, 6.45) is 1.23. The Morgan fingerprint density at radius 1 is 1.40 bits per heavy atom. The van der Waals surface area contributed by atoms with Crippen LogP contribution >= 0.6 is 17.0 Å². The lowest BCUT2D eigenvalue weighted by atomic mass is 10.2. The molecule has 0 saturated heterocycles. The normalized spacial score (nSPS) is 12.4. The van der Waals surface area contributed by atoms with Crippen LogP contribution in [0.3, 0.4) is 0 Å². The van der Waals surface area contributed by atoms with Crippen LogP contribution in [-0.4, -0.2) is 22.5 Å². The molecule has 3 nitrogen and oxygen atoms in total. The maximum Gasteiger partial charge on any atom is 0.151 e. The van der Waals surface area contributed by atoms with E-state index in [0.717, 1.165) is 0 Å². The van der Waals surface area contributed by atoms with E-state index in [1.54, 1.807) is 6.08 Å². The van der Waals surface area contributed by atoms with E-state index < -0.39 is 6.29 Å². The Labute approximate surface area is 71.3 Å². The molecule has 0 aromatic rings. The maximum atomic E-state index is 8.36. The first-order valence-corrected chi connectivity index (χ1v) is 2.91. The Hall–Kier alpha value is 0.1000. The van der Waals surface area contributed by atoms with Gasteiger partial charge in [-0.25, -0.2) is 0 Å². The molecule has 0 aromatic carbocycles. The summed E-state index contributed by atoms with van der Waals surface area (Å²) >= 11 is 0. The standard InChI is InChI=1S/C6H13NO2.BrH/c1-2-5(7)3-4-6(8)9;/h2,5-6,8-9H,1,3-4,7H2;1H. The summed E-state index contributed by atoms with van der Waals surface area (Å²) in [5, 5.41) is 16.7. The fourth-order valence-electron chi connectivity index (χ4n) is 0.459. The average Bonchev–Trinajstić information content (AvgIpc) is 1.83. The fourth-order valence-corrected chi connectivity index (χ4v) is 0.459. The highest BCUT2D eigenvalue weighted by atomic mass is 79.9. The van der Waals surface area contributed by atoms with Crippen molar-refractivity contribution in [2.75, 3.05) is 0 Å². The molecule has 0 aliphatic rings. The number of nitrogens with two attached hydrogens (primary N) is 1. The van der Waals surface area contributed by atoms with Crippen LogP contribution in [0.4, 0.5) is 0 Å². The van der Waals surface area contributed by atoms with E-state index in [2.05, 4.69) is 6.58 Å². The van der Waals surface area contributed by atoms with Gasteiger partial charge in [0.05, 0.1) is 0 Å². The third-order valence-corrected chi connectivity index (χ3v) is 1.06. The van der Waals surface area contributed by atoms with Crippen LogP contribution in [0.25, 0.3) is 0 Å². The minimum Gasteiger partial charge on any atom is -0.368 e. The van der Waals surface area contributed by atoms with E-state index in [-0.39, 0.29) is 23.0 Å². The molecule has 0 saturated carbocycles. The summed E-state index contributed by atoms with van der Waals surface area (Å²) in [7, 11) is 0. The summed E-state index contributed by atoms with van der Waals surface area (Å²) in [5.74, 6) is 0. The molecule has 0 spiro atoms. The molecule has 0 radical (unpaired) electrons. The molecule has 0 fully saturated rings. The maximum absolute atomic E-state index is 8.36. The van der Waals surface area contributed by atoms with Gasteiger partial charge in [0.2, 0.25) is 0 Å². The molecule has 0 aliphatic carbocycles. The molecular formula is C6H14BrNO2. The molecule has 4 N–H and O–H groups in total. The third kappa shape index (κ3) is 8.10. The summed E-state index contributed by atoms with van der Waals surface area (Å²) in [4.78, 5) is 0. The molecule has 62 valence electrons. The van der Waals surface area contributed by atoms with Crippen LogP contribution in [-0.2, 0) is 0 Å². The molecule has 4 heteroatoms. The minimum absolute atomic E-state index is 0. The van der Waals surface area contributed by atoms with Crippen molar-refractivity contribution in [2.24, 2.45) is 5.73 Å². The first-order chi connectivity index (χ1) is 4.16. The topological polar surface area (TPSA) is 66.5 Å². The highest BCUT2D eigenvalue weighted by Gasteiger charge is 2.00. The van der Waals surface area contributed by atoms with E-state index >= 15 is 0 Å². The summed E-state index contributed by atoms with van der Waals surface area (Å²) in [6, 6.07) is -0.119. The molecule has 10 heavy (non-hydrogen) atoms. The van der Waals surface area contributed by atoms with Crippen LogP contribution in [0.15, 0.2) is 12.7 Å². The zero-order valence-electron chi connectivity index (χ0n) is 5.73. The SMILES string of the molecule is Br.C=CC(N)CCC(O)O. The van der Waals surface area contributed by atoms with Gasteiger partial charge in [0.15, 0.2) is 6.29 Å². The quantitative estimate of drug-likeness (QED) is 0.459. The van der Waals surface area contributed by atoms with Gasteiger partial charge in [-0.1, -0.05) is 6.08 Å². The van der Waals surface area contributed by atoms with Crippen molar-refractivity contribution < 1.29 is 10.2 Å². The lowest BCUT2D eigenvalue weighted by Gasteiger charge is -2.05. The van der Waals surface area contributed by atoms with Gasteiger partial charge >= 0.3 is 0 Å². The van der Waals surface area contributed by atoms with Gasteiger partial charge in [0.25, 0.3) is 0 Å². The Kier molecular flexibility index (Phi) is 9.19. The zero-order chi connectivity index (χ0) is 7.28. The molecule has 0 aromatic heterocycles. The van der Waals surface area contributed by atoms with Crippen molar-refractivity contribution >= 4 is 17.0 Å². The largest absolute Gasteiger partial charge is 0.368 e. The van der Waals surface area contributed by atoms with Crippen LogP contribution in [0.2, 0.25) is 0 Å². The first kappa shape index (κ1) is 12.7. The Morgan fingerprint density at radius 2 is 1.90 bits per heavy atom. The van der Waals surface area contributed by atoms with Crippen LogP contribution in [0.5, 0.6) is 0 Å². The minimum atomic E-state index is -1.24. The van der Waals surface area contributed by atoms with E-state index in [4.69, 9.17) is 15.9 Å². The Balaban J connectivity index is 0. The molecule has 1 unspecified atom stereocenters. The molecule has 0 heterocycles. The smallest absolute Gasteiger partial charge is 0.151 e. The lowest BCUT2D eigenvalue weighted by molar-refractivity contribution is -0.0466. The van der Waals surface area contributed by atoms with Gasteiger partial charge in [-0.05, 0) is 12.8 Å². The van der Waals surface area contributed by atoms with Gasteiger partial charge < -0.3 is 15.9 Å². The molecular weight excluding hydrogens is 198 g/mol. The van der Waals surface area contributed by atoms with E-state index in [1.165, 1.54) is 0 Å². The number of hydrogen-bond donors (Lipinski definition) is 3. The summed E-state index contributed by atoms with van der Waals surface area (Å²) in [6.45, 7) is 3.45. The average molecular weight is 212 g/mol. The third-order valence-electron chi connectivity index (χ3n) is 1.06. The van der Waals surface area contributed by atoms with E-state index in [1.807, 2.05) is 0 Å². The highest BCUT2D eigenvalue weighted by Crippen LogP contribution is 1.97. The predicted molar refractivity (Wildman–Crippen MR) is 46.0 cm³/mol. The zero-order valence-corrected chi connectivity index (χ0v) is 7.45. The van der Waals surface area contributed by atoms with Gasteiger partial charge in [0.1, 0.15) is 0 Å². The van der Waals surface area contributed by atoms with Gasteiger partial charge in [-0.3, -0.25) is 0 Å². The second kappa shape index (κ2) is 7.21.